The zero-order valence-corrected chi connectivity index (χ0v) is 10.9. The number of nitrogens with one attached hydrogen (secondary N) is 2. The van der Waals surface area contributed by atoms with E-state index in [-0.39, 0.29) is 23.3 Å². The summed E-state index contributed by atoms with van der Waals surface area (Å²) in [5.41, 5.74) is 5.90. The van der Waals surface area contributed by atoms with E-state index < -0.39 is 5.82 Å². The monoisotopic (exact) mass is 280 g/mol. The van der Waals surface area contributed by atoms with E-state index in [1.807, 2.05) is 0 Å². The van der Waals surface area contributed by atoms with Gasteiger partial charge >= 0.3 is 0 Å². The van der Waals surface area contributed by atoms with Gasteiger partial charge in [-0.3, -0.25) is 4.79 Å². The van der Waals surface area contributed by atoms with Gasteiger partial charge in [0.05, 0.1) is 5.56 Å². The van der Waals surface area contributed by atoms with Crippen molar-refractivity contribution in [3.05, 3.63) is 35.1 Å². The number of carbonyl (C=O) groups excluding carboxylic acids is 1. The molecule has 1 atom stereocenters. The summed E-state index contributed by atoms with van der Waals surface area (Å²) < 4.78 is 14.1. The topological polar surface area (TPSA) is 99.7 Å². The summed E-state index contributed by atoms with van der Waals surface area (Å²) in [6, 6.07) is 4.82. The zero-order chi connectivity index (χ0) is 14.5. The van der Waals surface area contributed by atoms with Gasteiger partial charge in [-0.2, -0.15) is 0 Å². The van der Waals surface area contributed by atoms with Gasteiger partial charge in [0.1, 0.15) is 5.82 Å². The number of nitrogens with two attached hydrogens (primary N) is 1. The molecule has 20 heavy (non-hydrogen) atoms. The molecule has 0 bridgehead atoms. The van der Waals surface area contributed by atoms with Crippen LogP contribution in [-0.4, -0.2) is 29.5 Å². The summed E-state index contributed by atoms with van der Waals surface area (Å²) in [4.78, 5) is 11.0. The summed E-state index contributed by atoms with van der Waals surface area (Å²) >= 11 is 0. The van der Waals surface area contributed by atoms with Crippen LogP contribution in [0.1, 0.15) is 24.0 Å². The van der Waals surface area contributed by atoms with Gasteiger partial charge in [0, 0.05) is 31.1 Å². The van der Waals surface area contributed by atoms with Crippen LogP contribution in [0.2, 0.25) is 0 Å². The zero-order valence-electron chi connectivity index (χ0n) is 10.9. The summed E-state index contributed by atoms with van der Waals surface area (Å²) in [6.07, 6.45) is 1.33. The van der Waals surface area contributed by atoms with Crippen molar-refractivity contribution in [3.63, 3.8) is 0 Å². The van der Waals surface area contributed by atoms with E-state index in [0.717, 1.165) is 6.42 Å². The lowest BCUT2D eigenvalue weighted by atomic mass is 10.1. The molecule has 1 saturated heterocycles. The van der Waals surface area contributed by atoms with Gasteiger partial charge in [-0.1, -0.05) is 17.3 Å². The summed E-state index contributed by atoms with van der Waals surface area (Å²) in [6.45, 7) is 0.893. The molecule has 0 saturated carbocycles. The van der Waals surface area contributed by atoms with E-state index in [0.29, 0.717) is 25.1 Å². The molecular weight excluding hydrogens is 263 g/mol. The predicted molar refractivity (Wildman–Crippen MR) is 71.8 cm³/mol. The molecule has 1 aliphatic rings. The summed E-state index contributed by atoms with van der Waals surface area (Å²) in [5, 5.41) is 17.3. The van der Waals surface area contributed by atoms with Crippen molar-refractivity contribution in [3.8, 4) is 0 Å². The van der Waals surface area contributed by atoms with Crippen molar-refractivity contribution in [1.29, 1.82) is 0 Å². The molecule has 1 aliphatic heterocycles. The number of halogens is 1. The van der Waals surface area contributed by atoms with E-state index >= 15 is 0 Å². The minimum Gasteiger partial charge on any atom is -0.409 e. The van der Waals surface area contributed by atoms with Gasteiger partial charge in [-0.25, -0.2) is 4.39 Å². The fraction of sp³-hybridized carbons (Fsp3) is 0.385. The molecule has 1 aromatic carbocycles. The lowest BCUT2D eigenvalue weighted by Crippen LogP contribution is -2.35. The molecule has 1 fully saturated rings. The Labute approximate surface area is 115 Å². The highest BCUT2D eigenvalue weighted by atomic mass is 19.1. The molecular formula is C13H17FN4O2. The van der Waals surface area contributed by atoms with E-state index in [4.69, 9.17) is 10.9 Å². The van der Waals surface area contributed by atoms with Crippen molar-refractivity contribution in [2.24, 2.45) is 10.9 Å². The first kappa shape index (κ1) is 14.3. The molecule has 0 aliphatic carbocycles. The molecule has 1 unspecified atom stereocenters. The predicted octanol–water partition coefficient (Wildman–Crippen LogP) is 0.288. The maximum absolute atomic E-state index is 14.1. The van der Waals surface area contributed by atoms with Gasteiger partial charge in [-0.05, 0) is 12.5 Å². The molecule has 0 spiro atoms. The van der Waals surface area contributed by atoms with Crippen LogP contribution in [0.4, 0.5) is 4.39 Å². The first-order valence-electron chi connectivity index (χ1n) is 6.37. The highest BCUT2D eigenvalue weighted by molar-refractivity contribution is 5.97. The Morgan fingerprint density at radius 3 is 3.05 bits per heavy atom. The molecule has 0 radical (unpaired) electrons. The Balaban J connectivity index is 1.94. The van der Waals surface area contributed by atoms with Crippen LogP contribution < -0.4 is 16.4 Å². The second-order valence-electron chi connectivity index (χ2n) is 4.70. The molecule has 1 aromatic rings. The molecule has 108 valence electrons. The molecule has 1 amide bonds. The van der Waals surface area contributed by atoms with Crippen molar-refractivity contribution >= 4 is 11.7 Å². The standard InChI is InChI=1S/C13H17FN4O2/c14-12-8(2-1-3-10(12)13(15)18-20)6-16-7-9-4-5-11(19)17-9/h1-3,9,16,20H,4-7H2,(H2,15,18)(H,17,19). The Morgan fingerprint density at radius 1 is 1.60 bits per heavy atom. The van der Waals surface area contributed by atoms with Gasteiger partial charge in [-0.15, -0.1) is 0 Å². The van der Waals surface area contributed by atoms with Crippen molar-refractivity contribution in [2.75, 3.05) is 6.54 Å². The largest absolute Gasteiger partial charge is 0.409 e. The summed E-state index contributed by atoms with van der Waals surface area (Å²) in [7, 11) is 0. The maximum Gasteiger partial charge on any atom is 0.220 e. The number of amides is 1. The summed E-state index contributed by atoms with van der Waals surface area (Å²) in [5.74, 6) is -0.713. The lowest BCUT2D eigenvalue weighted by Gasteiger charge is -2.12. The SMILES string of the molecule is N/C(=N/O)c1cccc(CNCC2CCC(=O)N2)c1F. The fourth-order valence-electron chi connectivity index (χ4n) is 2.18. The van der Waals surface area contributed by atoms with Crippen LogP contribution in [0.3, 0.4) is 0 Å². The van der Waals surface area contributed by atoms with E-state index in [1.54, 1.807) is 12.1 Å². The van der Waals surface area contributed by atoms with Gasteiger partial charge in [0.2, 0.25) is 5.91 Å². The highest BCUT2D eigenvalue weighted by Gasteiger charge is 2.20. The first-order chi connectivity index (χ1) is 9.61. The molecule has 0 aromatic heterocycles. The number of nitrogens with zero attached hydrogens (tertiary/aromatic N) is 1. The van der Waals surface area contributed by atoms with Crippen LogP contribution in [0, 0.1) is 5.82 Å². The second kappa shape index (κ2) is 6.33. The number of hydrogen-bond donors (Lipinski definition) is 4. The maximum atomic E-state index is 14.1. The third kappa shape index (κ3) is 3.24. The van der Waals surface area contributed by atoms with E-state index in [9.17, 15) is 9.18 Å². The minimum atomic E-state index is -0.509. The molecule has 5 N–H and O–H groups in total. The van der Waals surface area contributed by atoms with Crippen molar-refractivity contribution in [1.82, 2.24) is 10.6 Å². The Kier molecular flexibility index (Phi) is 4.52. The van der Waals surface area contributed by atoms with Gasteiger partial charge in [0.15, 0.2) is 5.84 Å². The van der Waals surface area contributed by atoms with Crippen LogP contribution in [0.25, 0.3) is 0 Å². The van der Waals surface area contributed by atoms with Crippen molar-refractivity contribution in [2.45, 2.75) is 25.4 Å². The number of amidine groups is 1. The number of rotatable bonds is 5. The molecule has 1 heterocycles. The van der Waals surface area contributed by atoms with Crippen LogP contribution >= 0.6 is 0 Å². The second-order valence-corrected chi connectivity index (χ2v) is 4.70. The molecule has 2 rings (SSSR count). The average molecular weight is 280 g/mol. The Hall–Kier alpha value is -2.15. The third-order valence-electron chi connectivity index (χ3n) is 3.25. The fourth-order valence-corrected chi connectivity index (χ4v) is 2.18. The number of hydrogen-bond acceptors (Lipinski definition) is 4. The number of benzene rings is 1. The van der Waals surface area contributed by atoms with Crippen molar-refractivity contribution < 1.29 is 14.4 Å². The smallest absolute Gasteiger partial charge is 0.220 e. The lowest BCUT2D eigenvalue weighted by molar-refractivity contribution is -0.119. The van der Waals surface area contributed by atoms with Gasteiger partial charge < -0.3 is 21.6 Å². The number of oxime groups is 1. The van der Waals surface area contributed by atoms with Gasteiger partial charge in [0.25, 0.3) is 0 Å². The minimum absolute atomic E-state index is 0.0527. The Bertz CT molecular complexity index is 533. The normalized spacial score (nSPS) is 19.1. The van der Waals surface area contributed by atoms with Crippen LogP contribution in [0.15, 0.2) is 23.4 Å². The Morgan fingerprint density at radius 2 is 2.40 bits per heavy atom. The molecule has 6 nitrogen and oxygen atoms in total. The third-order valence-corrected chi connectivity index (χ3v) is 3.25. The van der Waals surface area contributed by atoms with E-state index in [1.165, 1.54) is 6.07 Å². The van der Waals surface area contributed by atoms with Crippen LogP contribution in [0.5, 0.6) is 0 Å². The average Bonchev–Trinajstić information content (AvgIpc) is 2.85. The first-order valence-corrected chi connectivity index (χ1v) is 6.37. The highest BCUT2D eigenvalue weighted by Crippen LogP contribution is 2.13. The van der Waals surface area contributed by atoms with Crippen LogP contribution in [-0.2, 0) is 11.3 Å². The number of carbonyl (C=O) groups is 1. The molecule has 7 heteroatoms. The van der Waals surface area contributed by atoms with E-state index in [2.05, 4.69) is 15.8 Å². The quantitative estimate of drug-likeness (QED) is 0.269.